The van der Waals surface area contributed by atoms with Gasteiger partial charge in [0.1, 0.15) is 0 Å². The molecule has 462 valence electrons. The van der Waals surface area contributed by atoms with Crippen molar-refractivity contribution >= 4 is 81.9 Å². The number of pyridine rings is 2. The summed E-state index contributed by atoms with van der Waals surface area (Å²) in [6.45, 7) is 11.5. The maximum atomic E-state index is 13.4. The molecule has 88 heavy (non-hydrogen) atoms. The van der Waals surface area contributed by atoms with Gasteiger partial charge in [0.05, 0.1) is 108 Å². The predicted octanol–water partition coefficient (Wildman–Crippen LogP) is 11.5. The van der Waals surface area contributed by atoms with Crippen molar-refractivity contribution in [3.8, 4) is 23.0 Å². The molecule has 0 spiro atoms. The van der Waals surface area contributed by atoms with Gasteiger partial charge in [-0.3, -0.25) is 28.2 Å². The molecule has 2 aliphatic heterocycles. The Balaban J connectivity index is 0.000000135. The number of benzene rings is 2. The first-order valence-corrected chi connectivity index (χ1v) is 40.0. The molecule has 14 rings (SSSR count). The van der Waals surface area contributed by atoms with Crippen LogP contribution in [0.4, 0.5) is 0 Å². The standard InChI is InChI=1S/C27H27N7O3.C23H22BrN5O3.C4H5N2.3C4H9.Sn/c1-32-12-22(29-16-32)18-2-5-21-20(10-18)26(37-15-17-7-9-36-14-17)31-25(30-21)13-33-24-11-28-8-6-23(24)34(27(33)35)19-3-4-19;24-15-1-4-18-17(9-15)22(32-13-14-6-8-31-12-14)27-21(26-18)11-28-20-10-25-7-5-19(20)29(23(28)30)16-2-3-16;1-6-3-2-5-4-6;3*1-3-4-2;/h2,5-6,8,10-12,16-17,19H,3-4,7,9,13-15H2,1H3;1,4-5,7,9-10,14,16H,2-3,6,8,11-13H2;3-4H,1H3;3*1,3-4H2,2H3;. The van der Waals surface area contributed by atoms with Gasteiger partial charge in [0.25, 0.3) is 0 Å². The number of hydrogen-bond acceptors (Lipinski definition) is 14. The molecule has 22 heteroatoms. The van der Waals surface area contributed by atoms with Gasteiger partial charge >= 0.3 is 135 Å². The number of imidazole rings is 4. The fourth-order valence-corrected chi connectivity index (χ4v) is 28.2. The quantitative estimate of drug-likeness (QED) is 0.0547. The Morgan fingerprint density at radius 1 is 0.591 bits per heavy atom. The Hall–Kier alpha value is -6.82. The summed E-state index contributed by atoms with van der Waals surface area (Å²) in [5, 5.41) is 1.66. The van der Waals surface area contributed by atoms with Crippen LogP contribution in [0.15, 0.2) is 112 Å². The van der Waals surface area contributed by atoms with Crippen molar-refractivity contribution in [1.29, 1.82) is 0 Å². The van der Waals surface area contributed by atoms with Crippen LogP contribution in [-0.4, -0.2) is 125 Å². The minimum absolute atomic E-state index is 0.0411. The van der Waals surface area contributed by atoms with Gasteiger partial charge in [-0.2, -0.15) is 9.97 Å². The molecular weight excluding hydrogens is 1280 g/mol. The summed E-state index contributed by atoms with van der Waals surface area (Å²) in [5.41, 5.74) is 6.70. The SMILES string of the molecule is CCC[CH2][Sn]([CH2]CCC)([CH2]CCC)[c]1cn(C)cn1.Cn1cnc(-c2ccc3nc(Cn4c(=O)n(C5CC5)c5ccncc54)nc(OCC4CCOC4)c3c2)c1.O=c1n(Cc2nc(OCC3CCOC3)c3cc(Br)ccc3n2)c2cnccc2n1C1CC1. The summed E-state index contributed by atoms with van der Waals surface area (Å²) in [4.78, 5) is 63.6. The second-order valence-electron chi connectivity index (χ2n) is 24.5. The molecule has 2 aromatic carbocycles. The molecule has 2 saturated carbocycles. The number of aromatic nitrogens is 14. The number of halogens is 1. The summed E-state index contributed by atoms with van der Waals surface area (Å²) in [5.74, 6) is 2.81. The average molecular weight is 1370 g/mol. The van der Waals surface area contributed by atoms with E-state index >= 15 is 0 Å². The summed E-state index contributed by atoms with van der Waals surface area (Å²) in [6.07, 6.45) is 29.4. The average Bonchev–Trinajstić information content (AvgIpc) is 1.87. The van der Waals surface area contributed by atoms with E-state index < -0.39 is 18.4 Å². The fraction of sp³-hybridized carbons (Fsp3) is 0.485. The van der Waals surface area contributed by atoms with Crippen LogP contribution in [0.2, 0.25) is 13.3 Å². The van der Waals surface area contributed by atoms with Crippen molar-refractivity contribution < 1.29 is 18.9 Å². The molecule has 2 aliphatic carbocycles. The summed E-state index contributed by atoms with van der Waals surface area (Å²) >= 11 is 1.32. The largest absolute Gasteiger partial charge is 0.477 e. The van der Waals surface area contributed by atoms with Gasteiger partial charge in [-0.1, -0.05) is 22.0 Å². The van der Waals surface area contributed by atoms with Crippen LogP contribution in [-0.2, 0) is 36.7 Å². The first-order valence-electron chi connectivity index (χ1n) is 31.7. The fourth-order valence-electron chi connectivity index (χ4n) is 12.4. The van der Waals surface area contributed by atoms with Crippen molar-refractivity contribution in [2.75, 3.05) is 39.6 Å². The molecule has 10 heterocycles. The Bertz CT molecular complexity index is 4130. The molecular formula is C66H81BrN14O6Sn. The first kappa shape index (κ1) is 61.4. The molecule has 20 nitrogen and oxygen atoms in total. The van der Waals surface area contributed by atoms with Crippen LogP contribution in [0.3, 0.4) is 0 Å². The van der Waals surface area contributed by atoms with Gasteiger partial charge in [0, 0.05) is 72.8 Å². The van der Waals surface area contributed by atoms with Gasteiger partial charge in [-0.05, 0) is 81.0 Å². The van der Waals surface area contributed by atoms with E-state index in [1.165, 1.54) is 51.8 Å². The molecule has 0 N–H and O–H groups in total. The predicted molar refractivity (Wildman–Crippen MR) is 348 cm³/mol. The van der Waals surface area contributed by atoms with E-state index in [1.54, 1.807) is 44.0 Å². The minimum atomic E-state index is -2.21. The summed E-state index contributed by atoms with van der Waals surface area (Å²) in [7, 11) is 4.06. The second kappa shape index (κ2) is 27.9. The zero-order valence-electron chi connectivity index (χ0n) is 51.4. The summed E-state index contributed by atoms with van der Waals surface area (Å²) < 4.78 is 41.7. The van der Waals surface area contributed by atoms with E-state index in [2.05, 4.69) is 69.5 Å². The normalized spacial score (nSPS) is 16.8. The number of fused-ring (bicyclic) bond motifs is 4. The van der Waals surface area contributed by atoms with Crippen LogP contribution in [0, 0.1) is 11.8 Å². The van der Waals surface area contributed by atoms with Crippen LogP contribution in [0.1, 0.15) is 122 Å². The number of nitrogens with zero attached hydrogens (tertiary/aromatic N) is 14. The van der Waals surface area contributed by atoms with Gasteiger partial charge in [-0.25, -0.2) is 24.5 Å². The topological polar surface area (TPSA) is 204 Å². The van der Waals surface area contributed by atoms with Crippen molar-refractivity contribution in [1.82, 2.24) is 67.3 Å². The molecule has 2 unspecified atom stereocenters. The van der Waals surface area contributed by atoms with E-state index in [-0.39, 0.29) is 36.6 Å². The van der Waals surface area contributed by atoms with Crippen LogP contribution < -0.4 is 24.6 Å². The van der Waals surface area contributed by atoms with E-state index in [0.717, 1.165) is 111 Å². The maximum Gasteiger partial charge on any atom is 0.329 e. The summed E-state index contributed by atoms with van der Waals surface area (Å²) in [6, 6.07) is 16.2. The van der Waals surface area contributed by atoms with Crippen LogP contribution in [0.25, 0.3) is 55.1 Å². The third-order valence-electron chi connectivity index (χ3n) is 17.6. The second-order valence-corrected chi connectivity index (χ2v) is 38.4. The van der Waals surface area contributed by atoms with Gasteiger partial charge in [0.2, 0.25) is 11.8 Å². The number of unbranched alkanes of at least 4 members (excludes halogenated alkanes) is 3. The molecule has 8 aromatic heterocycles. The minimum Gasteiger partial charge on any atom is -0.477 e. The van der Waals surface area contributed by atoms with Gasteiger partial charge < -0.3 is 23.5 Å². The Labute approximate surface area is 525 Å². The van der Waals surface area contributed by atoms with Crippen molar-refractivity contribution in [3.05, 3.63) is 135 Å². The molecule has 2 atom stereocenters. The van der Waals surface area contributed by atoms with E-state index in [1.807, 2.05) is 81.8 Å². The monoisotopic (exact) mass is 1360 g/mol. The van der Waals surface area contributed by atoms with E-state index in [9.17, 15) is 9.59 Å². The van der Waals surface area contributed by atoms with Gasteiger partial charge in [0.15, 0.2) is 11.6 Å². The Morgan fingerprint density at radius 3 is 1.55 bits per heavy atom. The van der Waals surface area contributed by atoms with Crippen LogP contribution >= 0.6 is 15.9 Å². The number of hydrogen-bond donors (Lipinski definition) is 0. The first-order chi connectivity index (χ1) is 43.0. The van der Waals surface area contributed by atoms with Crippen molar-refractivity contribution in [3.63, 3.8) is 0 Å². The Morgan fingerprint density at radius 2 is 1.09 bits per heavy atom. The third-order valence-corrected chi connectivity index (χ3v) is 33.1. The number of rotatable bonds is 23. The Kier molecular flexibility index (Phi) is 19.5. The van der Waals surface area contributed by atoms with Crippen LogP contribution in [0.5, 0.6) is 11.8 Å². The van der Waals surface area contributed by atoms with Gasteiger partial charge in [-0.15, -0.1) is 0 Å². The molecule has 0 bridgehead atoms. The van der Waals surface area contributed by atoms with Crippen molar-refractivity contribution in [2.45, 2.75) is 136 Å². The molecule has 4 fully saturated rings. The molecule has 10 aromatic rings. The molecule has 2 saturated heterocycles. The zero-order valence-corrected chi connectivity index (χ0v) is 55.8. The smallest absolute Gasteiger partial charge is 0.329 e. The van der Waals surface area contributed by atoms with E-state index in [4.69, 9.17) is 43.9 Å². The molecule has 4 aliphatic rings. The van der Waals surface area contributed by atoms with E-state index in [0.29, 0.717) is 61.7 Å². The zero-order chi connectivity index (χ0) is 60.7. The van der Waals surface area contributed by atoms with Crippen molar-refractivity contribution in [2.24, 2.45) is 25.9 Å². The molecule has 0 amide bonds. The molecule has 0 radical (unpaired) electrons. The number of aryl methyl sites for hydroxylation is 2. The third kappa shape index (κ3) is 14.0. The number of ether oxygens (including phenoxy) is 4. The maximum absolute atomic E-state index is 13.4.